The molecule has 1 aliphatic carbocycles. The number of carbonyl (C=O) groups is 1. The molecule has 0 spiro atoms. The summed E-state index contributed by atoms with van der Waals surface area (Å²) in [5.41, 5.74) is 0.725. The Morgan fingerprint density at radius 2 is 2.42 bits per heavy atom. The molecule has 19 heavy (non-hydrogen) atoms. The van der Waals surface area contributed by atoms with E-state index in [1.54, 1.807) is 0 Å². The summed E-state index contributed by atoms with van der Waals surface area (Å²) in [5, 5.41) is 13.1. The van der Waals surface area contributed by atoms with Crippen LogP contribution in [0.25, 0.3) is 0 Å². The van der Waals surface area contributed by atoms with Gasteiger partial charge in [-0.25, -0.2) is 4.98 Å². The maximum Gasteiger partial charge on any atom is 0.312 e. The molecule has 0 saturated carbocycles. The van der Waals surface area contributed by atoms with Crippen LogP contribution in [0.2, 0.25) is 0 Å². The van der Waals surface area contributed by atoms with Gasteiger partial charge in [0.1, 0.15) is 5.92 Å². The van der Waals surface area contributed by atoms with E-state index in [1.807, 2.05) is 6.92 Å². The summed E-state index contributed by atoms with van der Waals surface area (Å²) in [6.45, 7) is 2.51. The Balaban J connectivity index is 2.01. The molecule has 0 radical (unpaired) electrons. The predicted octanol–water partition coefficient (Wildman–Crippen LogP) is 1.83. The second-order valence-electron chi connectivity index (χ2n) is 4.47. The van der Waals surface area contributed by atoms with Crippen LogP contribution in [0.5, 0.6) is 0 Å². The van der Waals surface area contributed by atoms with Crippen molar-refractivity contribution in [2.75, 3.05) is 23.4 Å². The summed E-state index contributed by atoms with van der Waals surface area (Å²) < 4.78 is 11.3. The first kappa shape index (κ1) is 14.5. The van der Waals surface area contributed by atoms with E-state index in [2.05, 4.69) is 10.3 Å². The Hall–Kier alpha value is -0.950. The number of aromatic nitrogens is 1. The maximum atomic E-state index is 11.3. The van der Waals surface area contributed by atoms with E-state index in [0.717, 1.165) is 28.5 Å². The molecule has 0 aromatic carbocycles. The van der Waals surface area contributed by atoms with Gasteiger partial charge in [0, 0.05) is 33.7 Å². The van der Waals surface area contributed by atoms with Crippen molar-refractivity contribution in [3.8, 4) is 0 Å². The number of aryl methyl sites for hydroxylation is 1. The average Bonchev–Trinajstić information content (AvgIpc) is 2.80. The van der Waals surface area contributed by atoms with E-state index in [9.17, 15) is 14.1 Å². The fraction of sp³-hybridized carbons (Fsp3) is 0.667. The van der Waals surface area contributed by atoms with Crippen molar-refractivity contribution in [1.29, 1.82) is 0 Å². The highest BCUT2D eigenvalue weighted by Gasteiger charge is 2.29. The fourth-order valence-electron chi connectivity index (χ4n) is 2.15. The van der Waals surface area contributed by atoms with E-state index in [-0.39, 0.29) is 0 Å². The second kappa shape index (κ2) is 6.47. The van der Waals surface area contributed by atoms with Crippen LogP contribution >= 0.6 is 11.3 Å². The van der Waals surface area contributed by atoms with E-state index >= 15 is 0 Å². The zero-order valence-electron chi connectivity index (χ0n) is 10.8. The molecule has 1 aromatic heterocycles. The van der Waals surface area contributed by atoms with Crippen molar-refractivity contribution < 1.29 is 14.1 Å². The van der Waals surface area contributed by atoms with Gasteiger partial charge in [-0.3, -0.25) is 9.00 Å². The molecule has 0 aliphatic heterocycles. The number of thiazole rings is 1. The number of carboxylic acids is 1. The molecule has 7 heteroatoms. The molecule has 1 heterocycles. The zero-order chi connectivity index (χ0) is 13.8. The van der Waals surface area contributed by atoms with Crippen molar-refractivity contribution in [1.82, 2.24) is 4.98 Å². The van der Waals surface area contributed by atoms with Gasteiger partial charge in [0.15, 0.2) is 5.13 Å². The highest BCUT2D eigenvalue weighted by molar-refractivity contribution is 7.84. The zero-order valence-corrected chi connectivity index (χ0v) is 12.5. The van der Waals surface area contributed by atoms with E-state index in [4.69, 9.17) is 0 Å². The molecule has 2 rings (SSSR count). The summed E-state index contributed by atoms with van der Waals surface area (Å²) in [5.74, 6) is 0.0190. The third kappa shape index (κ3) is 3.54. The Labute approximate surface area is 118 Å². The van der Waals surface area contributed by atoms with Gasteiger partial charge in [0.05, 0.1) is 5.69 Å². The first-order valence-corrected chi connectivity index (χ1v) is 8.73. The maximum absolute atomic E-state index is 11.3. The summed E-state index contributed by atoms with van der Waals surface area (Å²) in [6.07, 6.45) is 2.50. The van der Waals surface area contributed by atoms with Gasteiger partial charge in [-0.1, -0.05) is 6.92 Å². The summed E-state index contributed by atoms with van der Waals surface area (Å²) in [4.78, 5) is 16.7. The molecule has 2 unspecified atom stereocenters. The Kier molecular flexibility index (Phi) is 4.93. The molecule has 2 atom stereocenters. The smallest absolute Gasteiger partial charge is 0.312 e. The fourth-order valence-corrected chi connectivity index (χ4v) is 3.86. The molecule has 0 saturated heterocycles. The third-order valence-electron chi connectivity index (χ3n) is 3.18. The van der Waals surface area contributed by atoms with Gasteiger partial charge in [0.2, 0.25) is 0 Å². The van der Waals surface area contributed by atoms with Gasteiger partial charge in [0.25, 0.3) is 0 Å². The van der Waals surface area contributed by atoms with Crippen molar-refractivity contribution in [2.45, 2.75) is 32.1 Å². The molecule has 5 nitrogen and oxygen atoms in total. The molecule has 0 amide bonds. The van der Waals surface area contributed by atoms with Crippen LogP contribution in [0.1, 0.15) is 36.3 Å². The minimum atomic E-state index is -0.787. The summed E-state index contributed by atoms with van der Waals surface area (Å²) in [7, 11) is -0.785. The highest BCUT2D eigenvalue weighted by atomic mass is 32.2. The summed E-state index contributed by atoms with van der Waals surface area (Å²) >= 11 is 1.53. The molecular weight excluding hydrogens is 284 g/mol. The number of carboxylic acid groups (broad SMARTS) is 1. The van der Waals surface area contributed by atoms with Gasteiger partial charge >= 0.3 is 5.97 Å². The van der Waals surface area contributed by atoms with Gasteiger partial charge in [-0.05, 0) is 19.3 Å². The Bertz CT molecular complexity index is 487. The number of anilines is 1. The van der Waals surface area contributed by atoms with E-state index in [1.165, 1.54) is 11.3 Å². The molecule has 0 fully saturated rings. The van der Waals surface area contributed by atoms with Crippen molar-refractivity contribution in [2.24, 2.45) is 0 Å². The number of hydrogen-bond acceptors (Lipinski definition) is 5. The van der Waals surface area contributed by atoms with E-state index < -0.39 is 22.7 Å². The number of rotatable bonds is 6. The van der Waals surface area contributed by atoms with Crippen LogP contribution in [0, 0.1) is 0 Å². The van der Waals surface area contributed by atoms with Gasteiger partial charge < -0.3 is 10.4 Å². The monoisotopic (exact) mass is 302 g/mol. The topological polar surface area (TPSA) is 79.3 Å². The minimum absolute atomic E-state index is 0.458. The lowest BCUT2D eigenvalue weighted by atomic mass is 9.91. The van der Waals surface area contributed by atoms with Crippen LogP contribution in [-0.4, -0.2) is 38.3 Å². The Morgan fingerprint density at radius 3 is 3.11 bits per heavy atom. The number of nitrogens with one attached hydrogen (secondary N) is 1. The van der Waals surface area contributed by atoms with Crippen LogP contribution in [0.15, 0.2) is 0 Å². The number of aliphatic carboxylic acids is 1. The standard InChI is InChI=1S/C12H18N2O3S2/c1-2-19(17)7-6-13-12-14-10-8(11(15)16)4-3-5-9(10)18-12/h8H,2-7H2,1H3,(H,13,14)(H,15,16). The second-order valence-corrected chi connectivity index (χ2v) is 7.42. The number of hydrogen-bond donors (Lipinski definition) is 2. The molecule has 0 bridgehead atoms. The van der Waals surface area contributed by atoms with E-state index in [0.29, 0.717) is 24.5 Å². The van der Waals surface area contributed by atoms with Crippen LogP contribution in [0.4, 0.5) is 5.13 Å². The first-order valence-electron chi connectivity index (χ1n) is 6.43. The van der Waals surface area contributed by atoms with Gasteiger partial charge in [-0.2, -0.15) is 0 Å². The average molecular weight is 302 g/mol. The number of fused-ring (bicyclic) bond motifs is 1. The lowest BCUT2D eigenvalue weighted by molar-refractivity contribution is -0.139. The van der Waals surface area contributed by atoms with Gasteiger partial charge in [-0.15, -0.1) is 11.3 Å². The predicted molar refractivity (Wildman–Crippen MR) is 77.5 cm³/mol. The van der Waals surface area contributed by atoms with Crippen LogP contribution in [-0.2, 0) is 22.0 Å². The summed E-state index contributed by atoms with van der Waals surface area (Å²) in [6, 6.07) is 0. The van der Waals surface area contributed by atoms with Crippen molar-refractivity contribution in [3.05, 3.63) is 10.6 Å². The normalized spacial score (nSPS) is 19.7. The lowest BCUT2D eigenvalue weighted by Crippen LogP contribution is -2.17. The molecule has 106 valence electrons. The van der Waals surface area contributed by atoms with Crippen LogP contribution in [0.3, 0.4) is 0 Å². The quantitative estimate of drug-likeness (QED) is 0.838. The van der Waals surface area contributed by atoms with Crippen LogP contribution < -0.4 is 5.32 Å². The van der Waals surface area contributed by atoms with Crippen molar-refractivity contribution in [3.63, 3.8) is 0 Å². The largest absolute Gasteiger partial charge is 0.481 e. The molecule has 2 N–H and O–H groups in total. The highest BCUT2D eigenvalue weighted by Crippen LogP contribution is 2.36. The van der Waals surface area contributed by atoms with Crippen molar-refractivity contribution >= 4 is 33.2 Å². The lowest BCUT2D eigenvalue weighted by Gasteiger charge is -2.16. The minimum Gasteiger partial charge on any atom is -0.481 e. The SMILES string of the molecule is CCS(=O)CCNc1nc2c(s1)CCCC2C(=O)O. The molecule has 1 aliphatic rings. The first-order chi connectivity index (χ1) is 9.11. The number of nitrogens with zero attached hydrogens (tertiary/aromatic N) is 1. The third-order valence-corrected chi connectivity index (χ3v) is 5.57. The molecular formula is C12H18N2O3S2. The Morgan fingerprint density at radius 1 is 1.63 bits per heavy atom. The molecule has 1 aromatic rings.